The van der Waals surface area contributed by atoms with E-state index in [1.807, 2.05) is 24.3 Å². The SMILES string of the molecule is C=CC(=O)Nc1ccc(C(=O)N2C[C@H](Cc3ncc4ccccc4n3)[C@@H](F)C2)cc1. The molecule has 3 aromatic rings. The lowest BCUT2D eigenvalue weighted by Crippen LogP contribution is -2.29. The number of rotatable bonds is 5. The van der Waals surface area contributed by atoms with Crippen LogP contribution in [0, 0.1) is 5.92 Å². The Kier molecular flexibility index (Phi) is 5.52. The van der Waals surface area contributed by atoms with Crippen LogP contribution < -0.4 is 5.32 Å². The molecule has 0 aliphatic carbocycles. The third kappa shape index (κ3) is 4.20. The summed E-state index contributed by atoms with van der Waals surface area (Å²) in [4.78, 5) is 34.5. The lowest BCUT2D eigenvalue weighted by atomic mass is 10.0. The summed E-state index contributed by atoms with van der Waals surface area (Å²) in [7, 11) is 0. The van der Waals surface area contributed by atoms with E-state index in [1.165, 1.54) is 11.0 Å². The van der Waals surface area contributed by atoms with Crippen LogP contribution in [0.4, 0.5) is 10.1 Å². The molecule has 0 radical (unpaired) electrons. The van der Waals surface area contributed by atoms with Crippen LogP contribution in [0.25, 0.3) is 10.9 Å². The van der Waals surface area contributed by atoms with E-state index in [0.29, 0.717) is 30.0 Å². The van der Waals surface area contributed by atoms with Crippen LogP contribution in [0.1, 0.15) is 16.2 Å². The predicted molar refractivity (Wildman–Crippen MR) is 113 cm³/mol. The van der Waals surface area contributed by atoms with Gasteiger partial charge in [-0.25, -0.2) is 14.4 Å². The first-order valence-corrected chi connectivity index (χ1v) is 9.71. The molecule has 0 unspecified atom stereocenters. The van der Waals surface area contributed by atoms with Gasteiger partial charge in [0, 0.05) is 41.7 Å². The van der Waals surface area contributed by atoms with E-state index in [9.17, 15) is 14.0 Å². The maximum absolute atomic E-state index is 14.7. The Morgan fingerprint density at radius 2 is 1.93 bits per heavy atom. The maximum Gasteiger partial charge on any atom is 0.253 e. The van der Waals surface area contributed by atoms with Gasteiger partial charge in [-0.15, -0.1) is 0 Å². The number of fused-ring (bicyclic) bond motifs is 1. The van der Waals surface area contributed by atoms with Crippen molar-refractivity contribution >= 4 is 28.4 Å². The molecule has 2 heterocycles. The standard InChI is InChI=1S/C23H21FN4O2/c1-2-22(29)26-18-9-7-15(8-10-18)23(30)28-13-17(19(24)14-28)11-21-25-12-16-5-3-4-6-20(16)27-21/h2-10,12,17,19H,1,11,13-14H2,(H,26,29)/t17-,19-/m0/s1. The molecule has 7 heteroatoms. The number of hydrogen-bond acceptors (Lipinski definition) is 4. The molecule has 6 nitrogen and oxygen atoms in total. The number of alkyl halides is 1. The summed E-state index contributed by atoms with van der Waals surface area (Å²) >= 11 is 0. The molecular weight excluding hydrogens is 383 g/mol. The zero-order chi connectivity index (χ0) is 21.1. The number of aromatic nitrogens is 2. The Labute approximate surface area is 173 Å². The molecule has 152 valence electrons. The van der Waals surface area contributed by atoms with Gasteiger partial charge in [-0.3, -0.25) is 9.59 Å². The first-order chi connectivity index (χ1) is 14.5. The minimum absolute atomic E-state index is 0.0477. The quantitative estimate of drug-likeness (QED) is 0.662. The second-order valence-electron chi connectivity index (χ2n) is 7.31. The topological polar surface area (TPSA) is 75.2 Å². The molecule has 1 fully saturated rings. The van der Waals surface area contributed by atoms with Crippen LogP contribution in [0.5, 0.6) is 0 Å². The fourth-order valence-corrected chi connectivity index (χ4v) is 3.61. The van der Waals surface area contributed by atoms with E-state index >= 15 is 0 Å². The summed E-state index contributed by atoms with van der Waals surface area (Å²) in [6.07, 6.45) is 2.16. The zero-order valence-electron chi connectivity index (χ0n) is 16.3. The number of carbonyl (C=O) groups is 2. The Hall–Kier alpha value is -3.61. The monoisotopic (exact) mass is 404 g/mol. The molecule has 4 rings (SSSR count). The summed E-state index contributed by atoms with van der Waals surface area (Å²) in [6, 6.07) is 14.2. The van der Waals surface area contributed by atoms with Gasteiger partial charge >= 0.3 is 0 Å². The minimum atomic E-state index is -1.13. The van der Waals surface area contributed by atoms with Gasteiger partial charge in [0.2, 0.25) is 5.91 Å². The van der Waals surface area contributed by atoms with Crippen molar-refractivity contribution in [1.82, 2.24) is 14.9 Å². The Balaban J connectivity index is 1.42. The number of carbonyl (C=O) groups excluding carboxylic acids is 2. The van der Waals surface area contributed by atoms with Crippen molar-refractivity contribution < 1.29 is 14.0 Å². The average Bonchev–Trinajstić information content (AvgIpc) is 3.13. The van der Waals surface area contributed by atoms with E-state index in [2.05, 4.69) is 21.9 Å². The summed E-state index contributed by atoms with van der Waals surface area (Å²) in [6.45, 7) is 3.75. The zero-order valence-corrected chi connectivity index (χ0v) is 16.3. The first kappa shape index (κ1) is 19.7. The summed E-state index contributed by atoms with van der Waals surface area (Å²) < 4.78 is 14.7. The smallest absolute Gasteiger partial charge is 0.253 e. The van der Waals surface area contributed by atoms with E-state index in [4.69, 9.17) is 0 Å². The molecule has 2 amide bonds. The van der Waals surface area contributed by atoms with E-state index in [1.54, 1.807) is 30.5 Å². The van der Waals surface area contributed by atoms with Crippen molar-refractivity contribution in [2.24, 2.45) is 5.92 Å². The number of benzene rings is 2. The molecular formula is C23H21FN4O2. The van der Waals surface area contributed by atoms with Gasteiger partial charge in [-0.2, -0.15) is 0 Å². The largest absolute Gasteiger partial charge is 0.335 e. The van der Waals surface area contributed by atoms with E-state index in [-0.39, 0.29) is 24.3 Å². The summed E-state index contributed by atoms with van der Waals surface area (Å²) in [5, 5.41) is 3.56. The van der Waals surface area contributed by atoms with Crippen molar-refractivity contribution in [3.63, 3.8) is 0 Å². The van der Waals surface area contributed by atoms with Crippen molar-refractivity contribution in [3.05, 3.63) is 78.8 Å². The molecule has 1 saturated heterocycles. The van der Waals surface area contributed by atoms with Crippen LogP contribution in [0.15, 0.2) is 67.4 Å². The molecule has 0 saturated carbocycles. The molecule has 2 atom stereocenters. The molecule has 1 aliphatic heterocycles. The number of halogens is 1. The predicted octanol–water partition coefficient (Wildman–Crippen LogP) is 3.41. The van der Waals surface area contributed by atoms with Gasteiger partial charge < -0.3 is 10.2 Å². The second-order valence-corrected chi connectivity index (χ2v) is 7.31. The molecule has 2 aromatic carbocycles. The highest BCUT2D eigenvalue weighted by Crippen LogP contribution is 2.25. The number of nitrogens with zero attached hydrogens (tertiary/aromatic N) is 3. The molecule has 30 heavy (non-hydrogen) atoms. The van der Waals surface area contributed by atoms with Gasteiger partial charge in [0.1, 0.15) is 12.0 Å². The molecule has 0 spiro atoms. The van der Waals surface area contributed by atoms with Crippen molar-refractivity contribution in [2.45, 2.75) is 12.6 Å². The van der Waals surface area contributed by atoms with Gasteiger partial charge in [-0.05, 0) is 36.4 Å². The normalized spacial score (nSPS) is 18.4. The fraction of sp³-hybridized carbons (Fsp3) is 0.217. The summed E-state index contributed by atoms with van der Waals surface area (Å²) in [5.74, 6) is -0.326. The van der Waals surface area contributed by atoms with E-state index < -0.39 is 6.17 Å². The molecule has 1 N–H and O–H groups in total. The molecule has 1 aliphatic rings. The Morgan fingerprint density at radius 3 is 2.70 bits per heavy atom. The highest BCUT2D eigenvalue weighted by atomic mass is 19.1. The fourth-order valence-electron chi connectivity index (χ4n) is 3.61. The van der Waals surface area contributed by atoms with Crippen LogP contribution in [0.3, 0.4) is 0 Å². The number of likely N-dealkylation sites (tertiary alicyclic amines) is 1. The van der Waals surface area contributed by atoms with Crippen LogP contribution in [0.2, 0.25) is 0 Å². The lowest BCUT2D eigenvalue weighted by Gasteiger charge is -2.16. The Morgan fingerprint density at radius 1 is 1.17 bits per heavy atom. The summed E-state index contributed by atoms with van der Waals surface area (Å²) in [5.41, 5.74) is 1.83. The Bertz CT molecular complexity index is 1100. The number of para-hydroxylation sites is 1. The third-order valence-corrected chi connectivity index (χ3v) is 5.22. The average molecular weight is 404 g/mol. The minimum Gasteiger partial charge on any atom is -0.335 e. The number of anilines is 1. The van der Waals surface area contributed by atoms with E-state index in [0.717, 1.165) is 10.9 Å². The number of amides is 2. The van der Waals surface area contributed by atoms with Crippen molar-refractivity contribution in [2.75, 3.05) is 18.4 Å². The van der Waals surface area contributed by atoms with Crippen molar-refractivity contribution in [1.29, 1.82) is 0 Å². The van der Waals surface area contributed by atoms with Crippen LogP contribution >= 0.6 is 0 Å². The van der Waals surface area contributed by atoms with Crippen LogP contribution in [-0.2, 0) is 11.2 Å². The van der Waals surface area contributed by atoms with Gasteiger partial charge in [0.15, 0.2) is 0 Å². The van der Waals surface area contributed by atoms with Gasteiger partial charge in [0.05, 0.1) is 12.1 Å². The van der Waals surface area contributed by atoms with Gasteiger partial charge in [0.25, 0.3) is 5.91 Å². The highest BCUT2D eigenvalue weighted by Gasteiger charge is 2.36. The van der Waals surface area contributed by atoms with Crippen LogP contribution in [-0.4, -0.2) is 45.9 Å². The molecule has 1 aromatic heterocycles. The van der Waals surface area contributed by atoms with Crippen molar-refractivity contribution in [3.8, 4) is 0 Å². The highest BCUT2D eigenvalue weighted by molar-refractivity contribution is 5.99. The number of nitrogens with one attached hydrogen (secondary N) is 1. The third-order valence-electron chi connectivity index (χ3n) is 5.22. The second kappa shape index (κ2) is 8.41. The lowest BCUT2D eigenvalue weighted by molar-refractivity contribution is -0.111. The maximum atomic E-state index is 14.7. The van der Waals surface area contributed by atoms with Gasteiger partial charge in [-0.1, -0.05) is 24.8 Å². The number of hydrogen-bond donors (Lipinski definition) is 1. The first-order valence-electron chi connectivity index (χ1n) is 9.71. The molecule has 0 bridgehead atoms.